The molecule has 0 aliphatic carbocycles. The summed E-state index contributed by atoms with van der Waals surface area (Å²) in [5.41, 5.74) is 5.11. The van der Waals surface area contributed by atoms with Crippen molar-refractivity contribution in [1.29, 1.82) is 0 Å². The Morgan fingerprint density at radius 2 is 2.29 bits per heavy atom. The second-order valence-corrected chi connectivity index (χ2v) is 1.49. The molecular formula is C4H11N2O-. The van der Waals surface area contributed by atoms with E-state index in [1.807, 2.05) is 0 Å². The van der Waals surface area contributed by atoms with Crippen LogP contribution in [-0.2, 0) is 0 Å². The molecule has 0 fully saturated rings. The molecule has 44 valence electrons. The number of nitrogens with two attached hydrogens (primary N) is 1. The van der Waals surface area contributed by atoms with Crippen LogP contribution in [0, 0.1) is 5.21 Å². The number of hydrogen-bond acceptors (Lipinski definition) is 3. The topological polar surface area (TPSA) is 52.3 Å². The van der Waals surface area contributed by atoms with E-state index < -0.39 is 0 Å². The fourth-order valence-electron chi connectivity index (χ4n) is 0.314. The van der Waals surface area contributed by atoms with E-state index in [0.29, 0.717) is 13.1 Å². The fraction of sp³-hybridized carbons (Fsp3) is 1.00. The summed E-state index contributed by atoms with van der Waals surface area (Å²) < 4.78 is 0. The minimum absolute atomic E-state index is 0.552. The number of hydrogen-bond donors (Lipinski definition) is 1. The highest BCUT2D eigenvalue weighted by molar-refractivity contribution is 4.48. The van der Waals surface area contributed by atoms with Crippen molar-refractivity contribution in [3.63, 3.8) is 0 Å². The second-order valence-electron chi connectivity index (χ2n) is 1.49. The van der Waals surface area contributed by atoms with Gasteiger partial charge < -0.3 is 16.0 Å². The maximum atomic E-state index is 10.1. The molecular weight excluding hydrogens is 92.1 g/mol. The van der Waals surface area contributed by atoms with Gasteiger partial charge in [-0.2, -0.15) is 0 Å². The average Bonchev–Trinajstić information content (AvgIpc) is 1.61. The first-order valence-corrected chi connectivity index (χ1v) is 2.35. The van der Waals surface area contributed by atoms with Crippen molar-refractivity contribution in [2.45, 2.75) is 6.42 Å². The van der Waals surface area contributed by atoms with Crippen LogP contribution in [0.15, 0.2) is 0 Å². The minimum Gasteiger partial charge on any atom is -0.785 e. The van der Waals surface area contributed by atoms with Crippen molar-refractivity contribution in [3.8, 4) is 0 Å². The van der Waals surface area contributed by atoms with Gasteiger partial charge in [0.25, 0.3) is 0 Å². The first-order chi connectivity index (χ1) is 3.27. The third kappa shape index (κ3) is 5.88. The minimum atomic E-state index is 0.552. The van der Waals surface area contributed by atoms with Crippen LogP contribution in [0.5, 0.6) is 0 Å². The molecule has 0 heterocycles. The predicted octanol–water partition coefficient (Wildman–Crippen LogP) is -0.235. The Hall–Kier alpha value is -0.120. The number of hydroxylamine groups is 2. The van der Waals surface area contributed by atoms with Gasteiger partial charge in [-0.05, 0) is 26.6 Å². The predicted molar refractivity (Wildman–Crippen MR) is 29.7 cm³/mol. The van der Waals surface area contributed by atoms with E-state index in [9.17, 15) is 5.21 Å². The van der Waals surface area contributed by atoms with Crippen molar-refractivity contribution in [2.75, 3.05) is 20.1 Å². The summed E-state index contributed by atoms with van der Waals surface area (Å²) in [6.45, 7) is 1.16. The normalized spacial score (nSPS) is 10.3. The van der Waals surface area contributed by atoms with Crippen LogP contribution in [0.1, 0.15) is 6.42 Å². The molecule has 7 heavy (non-hydrogen) atoms. The summed E-state index contributed by atoms with van der Waals surface area (Å²) in [6, 6.07) is 0. The van der Waals surface area contributed by atoms with Gasteiger partial charge in [0.05, 0.1) is 0 Å². The van der Waals surface area contributed by atoms with Crippen LogP contribution in [0.2, 0.25) is 0 Å². The van der Waals surface area contributed by atoms with Gasteiger partial charge in [0.15, 0.2) is 0 Å². The zero-order valence-electron chi connectivity index (χ0n) is 4.55. The Kier molecular flexibility index (Phi) is 3.98. The standard InChI is InChI=1S/C4H11N2O/c1-6(7)4-2-3-5/h2-5H2,1H3/q-1. The van der Waals surface area contributed by atoms with E-state index in [-0.39, 0.29) is 0 Å². The third-order valence-corrected chi connectivity index (χ3v) is 0.677. The lowest BCUT2D eigenvalue weighted by molar-refractivity contribution is 0.450. The van der Waals surface area contributed by atoms with Crippen molar-refractivity contribution >= 4 is 0 Å². The monoisotopic (exact) mass is 103 g/mol. The molecule has 0 radical (unpaired) electrons. The maximum absolute atomic E-state index is 10.1. The van der Waals surface area contributed by atoms with Crippen LogP contribution in [0.3, 0.4) is 0 Å². The second kappa shape index (κ2) is 4.05. The Balaban J connectivity index is 2.68. The molecule has 0 bridgehead atoms. The Morgan fingerprint density at radius 3 is 2.43 bits per heavy atom. The van der Waals surface area contributed by atoms with Crippen LogP contribution < -0.4 is 5.73 Å². The Labute approximate surface area is 43.7 Å². The lowest BCUT2D eigenvalue weighted by Crippen LogP contribution is -2.14. The van der Waals surface area contributed by atoms with Gasteiger partial charge in [-0.15, -0.1) is 0 Å². The summed E-state index contributed by atoms with van der Waals surface area (Å²) in [5, 5.41) is 10.9. The fourth-order valence-corrected chi connectivity index (χ4v) is 0.314. The average molecular weight is 103 g/mol. The Bertz CT molecular complexity index is 38.7. The summed E-state index contributed by atoms with van der Waals surface area (Å²) in [7, 11) is 1.50. The molecule has 0 aliphatic heterocycles. The summed E-state index contributed by atoms with van der Waals surface area (Å²) in [4.78, 5) is 0. The molecule has 3 heteroatoms. The van der Waals surface area contributed by atoms with Crippen molar-refractivity contribution in [1.82, 2.24) is 5.06 Å². The van der Waals surface area contributed by atoms with E-state index in [1.54, 1.807) is 0 Å². The summed E-state index contributed by atoms with van der Waals surface area (Å²) >= 11 is 0. The highest BCUT2D eigenvalue weighted by Crippen LogP contribution is 1.78. The smallest absolute Gasteiger partial charge is 0.00654 e. The van der Waals surface area contributed by atoms with E-state index in [0.717, 1.165) is 11.5 Å². The molecule has 0 aromatic heterocycles. The molecule has 0 saturated carbocycles. The molecule has 0 aromatic carbocycles. The van der Waals surface area contributed by atoms with Gasteiger partial charge in [0.1, 0.15) is 0 Å². The third-order valence-electron chi connectivity index (χ3n) is 0.677. The van der Waals surface area contributed by atoms with Crippen LogP contribution in [0.4, 0.5) is 0 Å². The number of rotatable bonds is 3. The largest absolute Gasteiger partial charge is 0.785 e. The molecule has 0 unspecified atom stereocenters. The maximum Gasteiger partial charge on any atom is -0.00654 e. The highest BCUT2D eigenvalue weighted by atomic mass is 16.5. The van der Waals surface area contributed by atoms with Gasteiger partial charge in [-0.1, -0.05) is 0 Å². The summed E-state index contributed by atoms with van der Waals surface area (Å²) in [5.74, 6) is 0. The first kappa shape index (κ1) is 6.88. The molecule has 0 aromatic rings. The van der Waals surface area contributed by atoms with Crippen molar-refractivity contribution in [2.24, 2.45) is 5.73 Å². The van der Waals surface area contributed by atoms with Crippen molar-refractivity contribution < 1.29 is 0 Å². The van der Waals surface area contributed by atoms with Crippen LogP contribution in [0.25, 0.3) is 0 Å². The van der Waals surface area contributed by atoms with Crippen LogP contribution >= 0.6 is 0 Å². The molecule has 0 spiro atoms. The van der Waals surface area contributed by atoms with Gasteiger partial charge in [-0.25, -0.2) is 0 Å². The zero-order chi connectivity index (χ0) is 5.70. The van der Waals surface area contributed by atoms with Gasteiger partial charge in [0, 0.05) is 0 Å². The SMILES string of the molecule is CN([O-])CCCN. The highest BCUT2D eigenvalue weighted by Gasteiger charge is 1.78. The lowest BCUT2D eigenvalue weighted by atomic mass is 10.4. The van der Waals surface area contributed by atoms with E-state index in [2.05, 4.69) is 0 Å². The first-order valence-electron chi connectivity index (χ1n) is 2.35. The molecule has 0 saturated heterocycles. The van der Waals surface area contributed by atoms with Crippen LogP contribution in [-0.4, -0.2) is 25.2 Å². The van der Waals surface area contributed by atoms with E-state index in [1.165, 1.54) is 7.05 Å². The van der Waals surface area contributed by atoms with Crippen molar-refractivity contribution in [3.05, 3.63) is 5.21 Å². The molecule has 0 aliphatic rings. The molecule has 0 rings (SSSR count). The van der Waals surface area contributed by atoms with E-state index >= 15 is 0 Å². The lowest BCUT2D eigenvalue weighted by Gasteiger charge is -2.20. The van der Waals surface area contributed by atoms with Gasteiger partial charge in [0.2, 0.25) is 0 Å². The molecule has 3 nitrogen and oxygen atoms in total. The van der Waals surface area contributed by atoms with Gasteiger partial charge in [-0.3, -0.25) is 0 Å². The quantitative estimate of drug-likeness (QED) is 0.502. The molecule has 2 N–H and O–H groups in total. The summed E-state index contributed by atoms with van der Waals surface area (Å²) in [6.07, 6.45) is 0.792. The Morgan fingerprint density at radius 1 is 1.71 bits per heavy atom. The zero-order valence-corrected chi connectivity index (χ0v) is 4.55. The molecule has 0 amide bonds. The van der Waals surface area contributed by atoms with E-state index in [4.69, 9.17) is 5.73 Å². The number of nitrogens with zero attached hydrogens (tertiary/aromatic N) is 1. The molecule has 0 atom stereocenters. The van der Waals surface area contributed by atoms with Gasteiger partial charge >= 0.3 is 0 Å².